The highest BCUT2D eigenvalue weighted by molar-refractivity contribution is 7.77. The van der Waals surface area contributed by atoms with Crippen LogP contribution in [-0.4, -0.2) is 88.6 Å². The number of thiol groups is 1. The van der Waals surface area contributed by atoms with Crippen molar-refractivity contribution < 1.29 is 19.8 Å². The van der Waals surface area contributed by atoms with Gasteiger partial charge in [-0.15, -0.1) is 0 Å². The third-order valence-corrected chi connectivity index (χ3v) is 3.20. The summed E-state index contributed by atoms with van der Waals surface area (Å²) in [5, 5.41) is 17.6. The number of carbonyl (C=O) groups is 2. The van der Waals surface area contributed by atoms with E-state index in [0.29, 0.717) is 39.3 Å². The Hall–Kier alpha value is -0.830. The number of rotatable bonds is 4. The van der Waals surface area contributed by atoms with Crippen molar-refractivity contribution in [1.29, 1.82) is 0 Å². The van der Waals surface area contributed by atoms with E-state index >= 15 is 0 Å². The zero-order chi connectivity index (χ0) is 13.5. The van der Waals surface area contributed by atoms with Gasteiger partial charge in [0.2, 0.25) is 0 Å². The van der Waals surface area contributed by atoms with Crippen LogP contribution in [0.5, 0.6) is 0 Å². The molecule has 18 heavy (non-hydrogen) atoms. The summed E-state index contributed by atoms with van der Waals surface area (Å²) in [6, 6.07) is 0. The fourth-order valence-electron chi connectivity index (χ4n) is 1.83. The first-order valence-corrected chi connectivity index (χ1v) is 6.19. The van der Waals surface area contributed by atoms with Crippen molar-refractivity contribution in [3.05, 3.63) is 0 Å². The molecule has 0 saturated carbocycles. The molecule has 1 aliphatic heterocycles. The summed E-state index contributed by atoms with van der Waals surface area (Å²) in [6.07, 6.45) is 0. The Bertz CT molecular complexity index is 275. The van der Waals surface area contributed by atoms with Crippen molar-refractivity contribution in [2.45, 2.75) is 0 Å². The molecule has 0 aliphatic carbocycles. The van der Waals surface area contributed by atoms with Crippen molar-refractivity contribution >= 4 is 24.8 Å². The van der Waals surface area contributed by atoms with Crippen LogP contribution in [0.1, 0.15) is 0 Å². The molecule has 0 bridgehead atoms. The van der Waals surface area contributed by atoms with Gasteiger partial charge in [0.15, 0.2) is 0 Å². The summed E-state index contributed by atoms with van der Waals surface area (Å²) in [4.78, 5) is 25.0. The van der Waals surface area contributed by atoms with Gasteiger partial charge in [-0.1, -0.05) is 12.8 Å². The van der Waals surface area contributed by atoms with Crippen LogP contribution in [0.25, 0.3) is 0 Å². The lowest BCUT2D eigenvalue weighted by Gasteiger charge is -2.23. The Morgan fingerprint density at radius 1 is 0.833 bits per heavy atom. The van der Waals surface area contributed by atoms with Gasteiger partial charge in [-0.05, 0) is 0 Å². The largest absolute Gasteiger partial charge is 0.480 e. The van der Waals surface area contributed by atoms with Crippen molar-refractivity contribution in [1.82, 2.24) is 14.1 Å². The first kappa shape index (κ1) is 15.2. The average molecular weight is 277 g/mol. The van der Waals surface area contributed by atoms with Crippen LogP contribution in [0.4, 0.5) is 0 Å². The molecule has 1 rings (SSSR count). The van der Waals surface area contributed by atoms with E-state index in [2.05, 4.69) is 12.8 Å². The zero-order valence-electron chi connectivity index (χ0n) is 10.2. The molecular formula is C10H19N3O4S. The predicted molar refractivity (Wildman–Crippen MR) is 68.7 cm³/mol. The normalized spacial score (nSPS) is 20.9. The Morgan fingerprint density at radius 2 is 1.17 bits per heavy atom. The fraction of sp³-hybridized carbons (Fsp3) is 0.800. The molecule has 0 aromatic rings. The number of aliphatic carboxylic acids is 2. The molecular weight excluding hydrogens is 258 g/mol. The first-order chi connectivity index (χ1) is 8.47. The second kappa shape index (κ2) is 7.57. The molecule has 8 heteroatoms. The number of hydrogen-bond acceptors (Lipinski definition) is 6. The molecule has 0 unspecified atom stereocenters. The monoisotopic (exact) mass is 277 g/mol. The summed E-state index contributed by atoms with van der Waals surface area (Å²) in [6.45, 7) is 3.63. The molecule has 1 fully saturated rings. The number of hydrogen-bond donors (Lipinski definition) is 3. The zero-order valence-corrected chi connectivity index (χ0v) is 11.1. The summed E-state index contributed by atoms with van der Waals surface area (Å²) in [5.74, 6) is -1.74. The molecule has 7 nitrogen and oxygen atoms in total. The molecule has 0 atom stereocenters. The van der Waals surface area contributed by atoms with Gasteiger partial charge in [-0.2, -0.15) is 0 Å². The molecule has 0 amide bonds. The van der Waals surface area contributed by atoms with Crippen molar-refractivity contribution in [3.8, 4) is 0 Å². The van der Waals surface area contributed by atoms with E-state index in [9.17, 15) is 9.59 Å². The maximum atomic E-state index is 10.7. The molecule has 1 saturated heterocycles. The van der Waals surface area contributed by atoms with E-state index in [-0.39, 0.29) is 13.1 Å². The van der Waals surface area contributed by atoms with E-state index in [4.69, 9.17) is 10.2 Å². The van der Waals surface area contributed by atoms with Crippen molar-refractivity contribution in [2.24, 2.45) is 0 Å². The lowest BCUT2D eigenvalue weighted by Crippen LogP contribution is -2.40. The Kier molecular flexibility index (Phi) is 6.41. The number of nitrogens with zero attached hydrogens (tertiary/aromatic N) is 3. The van der Waals surface area contributed by atoms with E-state index < -0.39 is 11.9 Å². The summed E-state index contributed by atoms with van der Waals surface area (Å²) < 4.78 is 1.79. The number of carboxylic acid groups (broad SMARTS) is 2. The maximum absolute atomic E-state index is 10.7. The lowest BCUT2D eigenvalue weighted by molar-refractivity contribution is -0.140. The van der Waals surface area contributed by atoms with E-state index in [1.807, 2.05) is 0 Å². The quantitative estimate of drug-likeness (QED) is 0.564. The second-order valence-corrected chi connectivity index (χ2v) is 4.86. The highest BCUT2D eigenvalue weighted by Gasteiger charge is 2.17. The smallest absolute Gasteiger partial charge is 0.317 e. The van der Waals surface area contributed by atoms with E-state index in [1.165, 1.54) is 0 Å². The van der Waals surface area contributed by atoms with Gasteiger partial charge >= 0.3 is 11.9 Å². The highest BCUT2D eigenvalue weighted by atomic mass is 32.1. The number of carboxylic acids is 2. The molecule has 0 radical (unpaired) electrons. The van der Waals surface area contributed by atoms with Crippen LogP contribution in [0.15, 0.2) is 0 Å². The van der Waals surface area contributed by atoms with Crippen LogP contribution >= 0.6 is 12.8 Å². The summed E-state index contributed by atoms with van der Waals surface area (Å²) in [5.41, 5.74) is 0. The van der Waals surface area contributed by atoms with Gasteiger partial charge < -0.3 is 10.2 Å². The van der Waals surface area contributed by atoms with Gasteiger partial charge in [-0.25, -0.2) is 0 Å². The second-order valence-electron chi connectivity index (χ2n) is 4.29. The third-order valence-electron chi connectivity index (χ3n) is 2.80. The minimum absolute atomic E-state index is 0.0253. The Balaban J connectivity index is 2.55. The SMILES string of the molecule is O=C(O)CN1CCN(S)CCN(CC(=O)O)CC1. The fourth-order valence-corrected chi connectivity index (χ4v) is 2.01. The van der Waals surface area contributed by atoms with E-state index in [0.717, 1.165) is 0 Å². The van der Waals surface area contributed by atoms with Crippen LogP contribution in [0, 0.1) is 0 Å². The van der Waals surface area contributed by atoms with Crippen molar-refractivity contribution in [2.75, 3.05) is 52.4 Å². The maximum Gasteiger partial charge on any atom is 0.317 e. The van der Waals surface area contributed by atoms with E-state index in [1.54, 1.807) is 14.1 Å². The third kappa shape index (κ3) is 6.20. The van der Waals surface area contributed by atoms with Gasteiger partial charge in [0.25, 0.3) is 0 Å². The Morgan fingerprint density at radius 3 is 1.50 bits per heavy atom. The summed E-state index contributed by atoms with van der Waals surface area (Å²) in [7, 11) is 0. The van der Waals surface area contributed by atoms with Crippen LogP contribution in [0.2, 0.25) is 0 Å². The molecule has 0 aromatic heterocycles. The van der Waals surface area contributed by atoms with Crippen LogP contribution in [0.3, 0.4) is 0 Å². The molecule has 2 N–H and O–H groups in total. The summed E-state index contributed by atoms with van der Waals surface area (Å²) >= 11 is 4.27. The van der Waals surface area contributed by atoms with Gasteiger partial charge in [-0.3, -0.25) is 23.7 Å². The predicted octanol–water partition coefficient (Wildman–Crippen LogP) is -1.08. The molecule has 104 valence electrons. The van der Waals surface area contributed by atoms with Crippen LogP contribution < -0.4 is 0 Å². The molecule has 1 heterocycles. The molecule has 0 aromatic carbocycles. The Labute approximate surface area is 111 Å². The standard InChI is InChI=1S/C10H19N3O4S/c14-9(15)7-11-1-2-12(8-10(16)17)4-6-13(18)5-3-11/h18H,1-8H2,(H,14,15)(H,16,17). The minimum atomic E-state index is -0.871. The van der Waals surface area contributed by atoms with Gasteiger partial charge in [0.05, 0.1) is 13.1 Å². The van der Waals surface area contributed by atoms with Gasteiger partial charge in [0, 0.05) is 39.3 Å². The minimum Gasteiger partial charge on any atom is -0.480 e. The molecule has 0 spiro atoms. The highest BCUT2D eigenvalue weighted by Crippen LogP contribution is 2.02. The lowest BCUT2D eigenvalue weighted by atomic mass is 10.4. The first-order valence-electron chi connectivity index (χ1n) is 5.79. The van der Waals surface area contributed by atoms with Gasteiger partial charge in [0.1, 0.15) is 0 Å². The van der Waals surface area contributed by atoms with Crippen LogP contribution in [-0.2, 0) is 9.59 Å². The molecule has 1 aliphatic rings. The van der Waals surface area contributed by atoms with Crippen molar-refractivity contribution in [3.63, 3.8) is 0 Å². The topological polar surface area (TPSA) is 84.3 Å². The average Bonchev–Trinajstić information content (AvgIpc) is 2.33.